The zero-order valence-corrected chi connectivity index (χ0v) is 17.4. The quantitative estimate of drug-likeness (QED) is 0.537. The van der Waals surface area contributed by atoms with Crippen molar-refractivity contribution >= 4 is 27.5 Å². The minimum atomic E-state index is -0.148. The first-order chi connectivity index (χ1) is 14.7. The number of nitrogens with zero attached hydrogens (tertiary/aromatic N) is 4. The predicted molar refractivity (Wildman–Crippen MR) is 116 cm³/mol. The zero-order chi connectivity index (χ0) is 20.5. The molecule has 1 aliphatic rings. The number of pyridine rings is 2. The van der Waals surface area contributed by atoms with E-state index in [0.717, 1.165) is 39.0 Å². The lowest BCUT2D eigenvalue weighted by Gasteiger charge is -2.12. The molecule has 1 N–H and O–H groups in total. The van der Waals surface area contributed by atoms with E-state index in [0.29, 0.717) is 25.3 Å². The second-order valence-corrected chi connectivity index (χ2v) is 8.38. The monoisotopic (exact) mass is 419 g/mol. The molecule has 5 heterocycles. The van der Waals surface area contributed by atoms with Crippen molar-refractivity contribution in [1.29, 1.82) is 0 Å². The second kappa shape index (κ2) is 7.97. The van der Waals surface area contributed by atoms with Gasteiger partial charge in [0, 0.05) is 38.0 Å². The van der Waals surface area contributed by atoms with E-state index >= 15 is 0 Å². The van der Waals surface area contributed by atoms with Gasteiger partial charge >= 0.3 is 0 Å². The van der Waals surface area contributed by atoms with E-state index in [1.807, 2.05) is 43.0 Å². The number of rotatable bonds is 5. The Morgan fingerprint density at radius 3 is 3.00 bits per heavy atom. The summed E-state index contributed by atoms with van der Waals surface area (Å²) in [5.74, 6) is -0.148. The van der Waals surface area contributed by atoms with Crippen LogP contribution in [0.15, 0.2) is 48.2 Å². The van der Waals surface area contributed by atoms with Crippen LogP contribution in [0.2, 0.25) is 0 Å². The molecule has 1 saturated heterocycles. The summed E-state index contributed by atoms with van der Waals surface area (Å²) in [6.45, 7) is 1.25. The van der Waals surface area contributed by atoms with Crippen molar-refractivity contribution in [3.8, 4) is 11.3 Å². The van der Waals surface area contributed by atoms with E-state index in [2.05, 4.69) is 26.4 Å². The molecule has 0 aliphatic carbocycles. The van der Waals surface area contributed by atoms with Gasteiger partial charge in [-0.05, 0) is 41.1 Å². The van der Waals surface area contributed by atoms with Crippen molar-refractivity contribution in [2.45, 2.75) is 18.9 Å². The molecule has 4 aromatic heterocycles. The maximum absolute atomic E-state index is 12.7. The van der Waals surface area contributed by atoms with Crippen LogP contribution in [0.1, 0.15) is 28.0 Å². The number of ether oxygens (including phenoxy) is 1. The third-order valence-corrected chi connectivity index (χ3v) is 6.18. The molecule has 5 rings (SSSR count). The zero-order valence-electron chi connectivity index (χ0n) is 16.5. The lowest BCUT2D eigenvalue weighted by atomic mass is 10.0. The Morgan fingerprint density at radius 1 is 1.33 bits per heavy atom. The molecular weight excluding hydrogens is 398 g/mol. The Morgan fingerprint density at radius 2 is 2.27 bits per heavy atom. The Kier molecular flexibility index (Phi) is 5.02. The summed E-state index contributed by atoms with van der Waals surface area (Å²) in [6.07, 6.45) is 7.17. The SMILES string of the molecule is Cn1cc(-c2ccc(Cc3cc(C(=O)N[C@H]4CCOC4)nc4ccsc34)cn2)cn1. The topological polar surface area (TPSA) is 81.9 Å². The molecular formula is C22H21N5O2S. The number of thiophene rings is 1. The Labute approximate surface area is 177 Å². The third-order valence-electron chi connectivity index (χ3n) is 5.21. The van der Waals surface area contributed by atoms with Crippen LogP contribution in [-0.2, 0) is 18.2 Å². The molecule has 4 aromatic rings. The van der Waals surface area contributed by atoms with Gasteiger partial charge in [0.05, 0.1) is 34.8 Å². The van der Waals surface area contributed by atoms with Gasteiger partial charge in [0.2, 0.25) is 0 Å². The van der Waals surface area contributed by atoms with E-state index in [9.17, 15) is 4.79 Å². The maximum Gasteiger partial charge on any atom is 0.270 e. The fraction of sp³-hybridized carbons (Fsp3) is 0.273. The molecule has 0 spiro atoms. The van der Waals surface area contributed by atoms with Gasteiger partial charge in [-0.25, -0.2) is 4.98 Å². The number of carbonyl (C=O) groups excluding carboxylic acids is 1. The van der Waals surface area contributed by atoms with Gasteiger partial charge in [-0.15, -0.1) is 11.3 Å². The van der Waals surface area contributed by atoms with Gasteiger partial charge in [0.1, 0.15) is 5.69 Å². The van der Waals surface area contributed by atoms with Gasteiger partial charge in [-0.3, -0.25) is 14.5 Å². The number of nitrogens with one attached hydrogen (secondary N) is 1. The fourth-order valence-corrected chi connectivity index (χ4v) is 4.50. The van der Waals surface area contributed by atoms with Crippen molar-refractivity contribution in [3.63, 3.8) is 0 Å². The Balaban J connectivity index is 1.40. The summed E-state index contributed by atoms with van der Waals surface area (Å²) in [7, 11) is 1.89. The summed E-state index contributed by atoms with van der Waals surface area (Å²) < 4.78 is 8.22. The highest BCUT2D eigenvalue weighted by molar-refractivity contribution is 7.17. The average molecular weight is 420 g/mol. The molecule has 30 heavy (non-hydrogen) atoms. The lowest BCUT2D eigenvalue weighted by Crippen LogP contribution is -2.35. The lowest BCUT2D eigenvalue weighted by molar-refractivity contribution is 0.0925. The largest absolute Gasteiger partial charge is 0.379 e. The van der Waals surface area contributed by atoms with Crippen LogP contribution in [0.5, 0.6) is 0 Å². The number of carbonyl (C=O) groups is 1. The van der Waals surface area contributed by atoms with Crippen LogP contribution in [0.25, 0.3) is 21.5 Å². The third kappa shape index (κ3) is 3.83. The second-order valence-electron chi connectivity index (χ2n) is 7.47. The van der Waals surface area contributed by atoms with Crippen molar-refractivity contribution in [2.24, 2.45) is 7.05 Å². The standard InChI is InChI=1S/C22H21N5O2S/c1-27-12-16(11-24-27)18-3-2-14(10-23-18)8-15-9-20(26-19-5-7-30-21(15)19)22(28)25-17-4-6-29-13-17/h2-3,5,7,9-12,17H,4,6,8,13H2,1H3,(H,25,28)/t17-/m0/s1. The van der Waals surface area contributed by atoms with Gasteiger partial charge in [-0.2, -0.15) is 5.10 Å². The smallest absolute Gasteiger partial charge is 0.270 e. The van der Waals surface area contributed by atoms with E-state index in [-0.39, 0.29) is 11.9 Å². The first kappa shape index (κ1) is 18.9. The first-order valence-electron chi connectivity index (χ1n) is 9.85. The number of amides is 1. The fourth-order valence-electron chi connectivity index (χ4n) is 3.65. The number of aryl methyl sites for hydroxylation is 1. The first-order valence-corrected chi connectivity index (χ1v) is 10.7. The van der Waals surface area contributed by atoms with Crippen molar-refractivity contribution in [2.75, 3.05) is 13.2 Å². The van der Waals surface area contributed by atoms with Crippen LogP contribution >= 0.6 is 11.3 Å². The maximum atomic E-state index is 12.7. The number of hydrogen-bond acceptors (Lipinski definition) is 6. The molecule has 152 valence electrons. The van der Waals surface area contributed by atoms with Gasteiger partial charge in [0.25, 0.3) is 5.91 Å². The van der Waals surface area contributed by atoms with E-state index in [4.69, 9.17) is 4.74 Å². The average Bonchev–Trinajstić information content (AvgIpc) is 3.50. The number of fused-ring (bicyclic) bond motifs is 1. The molecule has 0 saturated carbocycles. The minimum Gasteiger partial charge on any atom is -0.379 e. The van der Waals surface area contributed by atoms with Gasteiger partial charge in [-0.1, -0.05) is 6.07 Å². The molecule has 1 aliphatic heterocycles. The molecule has 0 radical (unpaired) electrons. The summed E-state index contributed by atoms with van der Waals surface area (Å²) in [5.41, 5.74) is 5.34. The minimum absolute atomic E-state index is 0.0603. The molecule has 0 aromatic carbocycles. The number of aromatic nitrogens is 4. The summed E-state index contributed by atoms with van der Waals surface area (Å²) in [5, 5.41) is 9.24. The van der Waals surface area contributed by atoms with Crippen LogP contribution in [-0.4, -0.2) is 44.9 Å². The van der Waals surface area contributed by atoms with Crippen molar-refractivity contribution in [3.05, 3.63) is 65.1 Å². The van der Waals surface area contributed by atoms with Crippen molar-refractivity contribution < 1.29 is 9.53 Å². The van der Waals surface area contributed by atoms with E-state index in [1.54, 1.807) is 22.2 Å². The Bertz CT molecular complexity index is 1190. The Hall–Kier alpha value is -3.10. The van der Waals surface area contributed by atoms with E-state index < -0.39 is 0 Å². The normalized spacial score (nSPS) is 16.2. The molecule has 0 unspecified atom stereocenters. The van der Waals surface area contributed by atoms with Crippen molar-refractivity contribution in [1.82, 2.24) is 25.1 Å². The van der Waals surface area contributed by atoms with Crippen LogP contribution in [0.3, 0.4) is 0 Å². The van der Waals surface area contributed by atoms with Crippen LogP contribution in [0, 0.1) is 0 Å². The molecule has 8 heteroatoms. The number of hydrogen-bond donors (Lipinski definition) is 1. The molecule has 1 atom stereocenters. The van der Waals surface area contributed by atoms with E-state index in [1.165, 1.54) is 0 Å². The van der Waals surface area contributed by atoms with Crippen LogP contribution in [0.4, 0.5) is 0 Å². The van der Waals surface area contributed by atoms with Crippen LogP contribution < -0.4 is 5.32 Å². The van der Waals surface area contributed by atoms with Gasteiger partial charge < -0.3 is 10.1 Å². The van der Waals surface area contributed by atoms with Gasteiger partial charge in [0.15, 0.2) is 0 Å². The highest BCUT2D eigenvalue weighted by atomic mass is 32.1. The molecule has 1 amide bonds. The summed E-state index contributed by atoms with van der Waals surface area (Å²) in [6, 6.07) is 8.00. The highest BCUT2D eigenvalue weighted by Gasteiger charge is 2.20. The highest BCUT2D eigenvalue weighted by Crippen LogP contribution is 2.27. The summed E-state index contributed by atoms with van der Waals surface area (Å²) in [4.78, 5) is 21.9. The predicted octanol–water partition coefficient (Wildman–Crippen LogP) is 3.20. The summed E-state index contributed by atoms with van der Waals surface area (Å²) >= 11 is 1.64. The molecule has 0 bridgehead atoms. The molecule has 1 fully saturated rings. The molecule has 7 nitrogen and oxygen atoms in total.